The molecule has 0 spiro atoms. The molecule has 0 fully saturated rings. The van der Waals surface area contributed by atoms with Crippen LogP contribution in [0.2, 0.25) is 10.0 Å². The van der Waals surface area contributed by atoms with Crippen LogP contribution < -0.4 is 14.8 Å². The second-order valence-corrected chi connectivity index (χ2v) is 9.17. The Hall–Kier alpha value is -3.19. The highest BCUT2D eigenvalue weighted by Crippen LogP contribution is 2.38. The first-order chi connectivity index (χ1) is 17.5. The first kappa shape index (κ1) is 28.4. The van der Waals surface area contributed by atoms with Crippen LogP contribution in [-0.4, -0.2) is 12.5 Å². The molecule has 0 aliphatic heterocycles. The van der Waals surface area contributed by atoms with Crippen molar-refractivity contribution in [1.29, 1.82) is 5.26 Å². The molecule has 0 aromatic heterocycles. The Morgan fingerprint density at radius 2 is 1.86 bits per heavy atom. The van der Waals surface area contributed by atoms with Crippen molar-refractivity contribution < 1.29 is 27.4 Å². The van der Waals surface area contributed by atoms with Crippen LogP contribution in [0.3, 0.4) is 0 Å². The number of carbonyl (C=O) groups is 1. The molecular formula is C26H18BrCl2F3N2O3. The molecule has 3 rings (SSSR count). The summed E-state index contributed by atoms with van der Waals surface area (Å²) in [6, 6.07) is 14.2. The summed E-state index contributed by atoms with van der Waals surface area (Å²) in [5.74, 6) is -0.133. The van der Waals surface area contributed by atoms with Gasteiger partial charge in [-0.15, -0.1) is 0 Å². The minimum atomic E-state index is -4.57. The average Bonchev–Trinajstić information content (AvgIpc) is 2.84. The molecule has 1 amide bonds. The second kappa shape index (κ2) is 12.4. The summed E-state index contributed by atoms with van der Waals surface area (Å²) in [6.07, 6.45) is -3.28. The topological polar surface area (TPSA) is 71.3 Å². The van der Waals surface area contributed by atoms with Crippen LogP contribution in [0.4, 0.5) is 18.9 Å². The molecular weight excluding hydrogens is 596 g/mol. The van der Waals surface area contributed by atoms with E-state index in [1.807, 2.05) is 0 Å². The number of anilines is 1. The Bertz CT molecular complexity index is 1390. The van der Waals surface area contributed by atoms with Crippen molar-refractivity contribution in [3.8, 4) is 17.6 Å². The zero-order valence-corrected chi connectivity index (χ0v) is 22.2. The van der Waals surface area contributed by atoms with Gasteiger partial charge < -0.3 is 14.8 Å². The first-order valence-corrected chi connectivity index (χ1v) is 12.2. The zero-order valence-electron chi connectivity index (χ0n) is 19.1. The highest BCUT2D eigenvalue weighted by atomic mass is 79.9. The third-order valence-corrected chi connectivity index (χ3v) is 6.15. The number of ether oxygens (including phenoxy) is 2. The maximum atomic E-state index is 13.0. The van der Waals surface area contributed by atoms with E-state index < -0.39 is 17.6 Å². The van der Waals surface area contributed by atoms with Gasteiger partial charge in [0.1, 0.15) is 18.2 Å². The monoisotopic (exact) mass is 612 g/mol. The van der Waals surface area contributed by atoms with E-state index in [0.29, 0.717) is 38.2 Å². The van der Waals surface area contributed by atoms with E-state index >= 15 is 0 Å². The smallest absolute Gasteiger partial charge is 0.416 e. The molecule has 37 heavy (non-hydrogen) atoms. The van der Waals surface area contributed by atoms with E-state index in [9.17, 15) is 23.2 Å². The van der Waals surface area contributed by atoms with Gasteiger partial charge in [-0.25, -0.2) is 0 Å². The van der Waals surface area contributed by atoms with Crippen LogP contribution in [0, 0.1) is 11.3 Å². The van der Waals surface area contributed by atoms with Crippen molar-refractivity contribution in [3.05, 3.63) is 91.4 Å². The van der Waals surface area contributed by atoms with Gasteiger partial charge in [0.15, 0.2) is 11.5 Å². The normalized spacial score (nSPS) is 11.6. The van der Waals surface area contributed by atoms with Crippen molar-refractivity contribution in [3.63, 3.8) is 0 Å². The number of alkyl halides is 3. The van der Waals surface area contributed by atoms with Gasteiger partial charge in [-0.3, -0.25) is 4.79 Å². The maximum Gasteiger partial charge on any atom is 0.416 e. The van der Waals surface area contributed by atoms with E-state index in [4.69, 9.17) is 32.7 Å². The highest BCUT2D eigenvalue weighted by molar-refractivity contribution is 9.10. The largest absolute Gasteiger partial charge is 0.490 e. The average molecular weight is 614 g/mol. The number of benzene rings is 3. The summed E-state index contributed by atoms with van der Waals surface area (Å²) in [4.78, 5) is 12.6. The van der Waals surface area contributed by atoms with Crippen molar-refractivity contribution >= 4 is 56.8 Å². The Morgan fingerprint density at radius 1 is 1.11 bits per heavy atom. The quantitative estimate of drug-likeness (QED) is 0.205. The number of amides is 1. The summed E-state index contributed by atoms with van der Waals surface area (Å²) >= 11 is 15.4. The van der Waals surface area contributed by atoms with E-state index in [2.05, 4.69) is 21.2 Å². The lowest BCUT2D eigenvalue weighted by atomic mass is 10.1. The number of halogens is 6. The van der Waals surface area contributed by atoms with E-state index in [1.165, 1.54) is 12.1 Å². The third kappa shape index (κ3) is 7.65. The molecule has 0 saturated heterocycles. The molecule has 11 heteroatoms. The van der Waals surface area contributed by atoms with Crippen LogP contribution in [0.25, 0.3) is 6.08 Å². The lowest BCUT2D eigenvalue weighted by molar-refractivity contribution is -0.137. The van der Waals surface area contributed by atoms with Crippen LogP contribution >= 0.6 is 39.1 Å². The molecule has 0 radical (unpaired) electrons. The van der Waals surface area contributed by atoms with Crippen molar-refractivity contribution in [2.75, 3.05) is 11.9 Å². The second-order valence-electron chi connectivity index (χ2n) is 7.50. The van der Waals surface area contributed by atoms with Crippen molar-refractivity contribution in [2.45, 2.75) is 19.7 Å². The van der Waals surface area contributed by atoms with Gasteiger partial charge in [-0.2, -0.15) is 18.4 Å². The third-order valence-electron chi connectivity index (χ3n) is 4.82. The predicted octanol–water partition coefficient (Wildman–Crippen LogP) is 8.30. The van der Waals surface area contributed by atoms with Gasteiger partial charge in [0.05, 0.1) is 26.7 Å². The molecule has 0 bridgehead atoms. The summed E-state index contributed by atoms with van der Waals surface area (Å²) in [5, 5.41) is 12.7. The summed E-state index contributed by atoms with van der Waals surface area (Å²) in [6.45, 7) is 2.25. The molecule has 3 aromatic rings. The lowest BCUT2D eigenvalue weighted by Gasteiger charge is -2.15. The Labute approximate surface area is 229 Å². The van der Waals surface area contributed by atoms with Crippen LogP contribution in [0.1, 0.15) is 23.6 Å². The Kier molecular flexibility index (Phi) is 9.49. The lowest BCUT2D eigenvalue weighted by Crippen LogP contribution is -2.14. The Morgan fingerprint density at radius 3 is 2.51 bits per heavy atom. The standard InChI is InChI=1S/C26H18BrCl2F3N2O3/c1-2-36-23-11-16(9-20(27)24(23)37-14-15-6-7-21(28)22(29)10-15)8-17(13-33)25(35)34-19-5-3-4-18(12-19)26(30,31)32/h3-12H,2,14H2,1H3,(H,34,35)/b17-8+. The molecule has 0 saturated carbocycles. The number of nitrogens with zero attached hydrogens (tertiary/aromatic N) is 1. The van der Waals surface area contributed by atoms with E-state index in [1.54, 1.807) is 43.3 Å². The van der Waals surface area contributed by atoms with Gasteiger partial charge >= 0.3 is 6.18 Å². The van der Waals surface area contributed by atoms with E-state index in [0.717, 1.165) is 23.8 Å². The van der Waals surface area contributed by atoms with E-state index in [-0.39, 0.29) is 17.9 Å². The number of nitriles is 1. The van der Waals surface area contributed by atoms with Crippen LogP contribution in [0.5, 0.6) is 11.5 Å². The minimum absolute atomic E-state index is 0.0942. The first-order valence-electron chi connectivity index (χ1n) is 10.6. The number of hydrogen-bond donors (Lipinski definition) is 1. The molecule has 192 valence electrons. The predicted molar refractivity (Wildman–Crippen MR) is 140 cm³/mol. The van der Waals surface area contributed by atoms with Gasteiger partial charge in [-0.1, -0.05) is 35.3 Å². The van der Waals surface area contributed by atoms with Crippen molar-refractivity contribution in [2.24, 2.45) is 0 Å². The van der Waals surface area contributed by atoms with Gasteiger partial charge in [-0.05, 0) is 82.5 Å². The fourth-order valence-electron chi connectivity index (χ4n) is 3.15. The van der Waals surface area contributed by atoms with Gasteiger partial charge in [0.2, 0.25) is 0 Å². The molecule has 0 atom stereocenters. The number of hydrogen-bond acceptors (Lipinski definition) is 4. The van der Waals surface area contributed by atoms with Gasteiger partial charge in [0, 0.05) is 5.69 Å². The molecule has 5 nitrogen and oxygen atoms in total. The summed E-state index contributed by atoms with van der Waals surface area (Å²) in [7, 11) is 0. The molecule has 0 heterocycles. The fraction of sp³-hybridized carbons (Fsp3) is 0.154. The molecule has 0 unspecified atom stereocenters. The number of carbonyl (C=O) groups excluding carboxylic acids is 1. The number of nitrogens with one attached hydrogen (secondary N) is 1. The summed E-state index contributed by atoms with van der Waals surface area (Å²) in [5.41, 5.74) is -0.146. The number of rotatable bonds is 8. The molecule has 0 aliphatic carbocycles. The maximum absolute atomic E-state index is 13.0. The summed E-state index contributed by atoms with van der Waals surface area (Å²) < 4.78 is 51.0. The fourth-order valence-corrected chi connectivity index (χ4v) is 4.04. The Balaban J connectivity index is 1.84. The van der Waals surface area contributed by atoms with Crippen molar-refractivity contribution in [1.82, 2.24) is 0 Å². The highest BCUT2D eigenvalue weighted by Gasteiger charge is 2.30. The SMILES string of the molecule is CCOc1cc(/C=C(\C#N)C(=O)Nc2cccc(C(F)(F)F)c2)cc(Br)c1OCc1ccc(Cl)c(Cl)c1. The molecule has 3 aromatic carbocycles. The molecule has 1 N–H and O–H groups in total. The van der Waals surface area contributed by atoms with Crippen LogP contribution in [0.15, 0.2) is 64.6 Å². The zero-order chi connectivity index (χ0) is 27.2. The molecule has 0 aliphatic rings. The van der Waals surface area contributed by atoms with Crippen LogP contribution in [-0.2, 0) is 17.6 Å². The minimum Gasteiger partial charge on any atom is -0.490 e. The van der Waals surface area contributed by atoms with Gasteiger partial charge in [0.25, 0.3) is 5.91 Å².